The molecule has 0 aliphatic rings. The Bertz CT molecular complexity index is 4450. The van der Waals surface area contributed by atoms with E-state index >= 15 is 0 Å². The number of aromatic nitrogens is 2. The predicted octanol–water partition coefficient (Wildman–Crippen LogP) is 14.7. The fourth-order valence-corrected chi connectivity index (χ4v) is 7.30. The average Bonchev–Trinajstić information content (AvgIpc) is 3.75. The topological polar surface area (TPSA) is 38.9 Å². The van der Waals surface area contributed by atoms with E-state index in [0.29, 0.717) is 33.1 Å². The Kier molecular flexibility index (Phi) is 4.27. The van der Waals surface area contributed by atoms with Gasteiger partial charge in [0.05, 0.1) is 45.5 Å². The molecule has 0 saturated heterocycles. The molecule has 0 bridgehead atoms. The van der Waals surface area contributed by atoms with Crippen molar-refractivity contribution < 1.29 is 33.2 Å². The average molecular weight is 748 g/mol. The van der Waals surface area contributed by atoms with Crippen LogP contribution in [0.25, 0.3) is 111 Å². The maximum Gasteiger partial charge on any atom is 0.143 e. The first-order chi connectivity index (χ1) is 37.0. The van der Waals surface area contributed by atoms with Gasteiger partial charge in [-0.05, 0) is 62.0 Å². The molecule has 11 rings (SSSR count). The van der Waals surface area contributed by atoms with Crippen LogP contribution in [0.15, 0.2) is 210 Å². The standard InChI is InChI=1S/C54H34N2O/c1-4-15-35(16-5-1)49-50(36-17-6-2-7-18-36)54(57-53(49)39-19-8-3-9-20-39)47-32-30-45(41-23-11-13-25-43(41)47)44-29-31-46(42-24-12-10-22-40(42)44)48-33-28-38-27-26-37-21-14-34-55-51(37)52(38)56-48/h1-34H/i1D,2D,3D,4D,5D,6D,7D,8D,9D,11D,13D,15D,16D,17D,18D,19D,20D,23D,25D,30D,32D. The third-order valence-corrected chi connectivity index (χ3v) is 9.76. The minimum Gasteiger partial charge on any atom is -0.455 e. The maximum absolute atomic E-state index is 10.0. The molecule has 0 spiro atoms. The van der Waals surface area contributed by atoms with E-state index in [1.165, 1.54) is 0 Å². The van der Waals surface area contributed by atoms with Crippen molar-refractivity contribution in [3.05, 3.63) is 206 Å². The van der Waals surface area contributed by atoms with Crippen LogP contribution in [0.5, 0.6) is 0 Å². The second-order valence-corrected chi connectivity index (χ2v) is 12.9. The number of fused-ring (bicyclic) bond motifs is 5. The molecule has 57 heavy (non-hydrogen) atoms. The summed E-state index contributed by atoms with van der Waals surface area (Å²) in [7, 11) is 0. The largest absolute Gasteiger partial charge is 0.455 e. The number of furan rings is 1. The van der Waals surface area contributed by atoms with Gasteiger partial charge in [0.15, 0.2) is 0 Å². The Labute approximate surface area is 359 Å². The van der Waals surface area contributed by atoms with Gasteiger partial charge in [-0.3, -0.25) is 4.98 Å². The summed E-state index contributed by atoms with van der Waals surface area (Å²) < 4.78 is 197. The molecule has 3 heterocycles. The Morgan fingerprint density at radius 3 is 1.63 bits per heavy atom. The molecule has 3 nitrogen and oxygen atoms in total. The highest BCUT2D eigenvalue weighted by Crippen LogP contribution is 2.50. The van der Waals surface area contributed by atoms with Gasteiger partial charge in [0, 0.05) is 44.8 Å². The second-order valence-electron chi connectivity index (χ2n) is 12.9. The molecule has 0 atom stereocenters. The van der Waals surface area contributed by atoms with E-state index in [2.05, 4.69) is 4.98 Å². The van der Waals surface area contributed by atoms with E-state index in [1.807, 2.05) is 36.4 Å². The van der Waals surface area contributed by atoms with Crippen molar-refractivity contribution in [3.63, 3.8) is 0 Å². The SMILES string of the molecule is [2H]c1c([2H])c([2H])c(-c2oc(-c3c([2H])c([2H])c(-c4ccc(-c5ccc6ccc7cccnc7c6n5)c5ccccc45)c4c([2H])c([2H])c([2H])c([2H])c34)c(-c3c([2H])c([2H])c([2H])c([2H])c3[2H])c2-c2c([2H])c([2H])c([2H])c([2H])c2[2H])c([2H])c1[2H]. The van der Waals surface area contributed by atoms with E-state index in [0.717, 1.165) is 10.8 Å². The van der Waals surface area contributed by atoms with Gasteiger partial charge < -0.3 is 4.42 Å². The lowest BCUT2D eigenvalue weighted by molar-refractivity contribution is 0.599. The molecule has 0 N–H and O–H groups in total. The van der Waals surface area contributed by atoms with Gasteiger partial charge in [0.1, 0.15) is 11.5 Å². The lowest BCUT2D eigenvalue weighted by Gasteiger charge is -2.16. The van der Waals surface area contributed by atoms with E-state index in [1.54, 1.807) is 42.6 Å². The molecule has 0 aliphatic carbocycles. The number of pyridine rings is 2. The molecule has 0 unspecified atom stereocenters. The summed E-state index contributed by atoms with van der Waals surface area (Å²) >= 11 is 0. The number of benzene rings is 8. The quantitative estimate of drug-likeness (QED) is 0.159. The summed E-state index contributed by atoms with van der Waals surface area (Å²) in [6.07, 6.45) is 1.67. The lowest BCUT2D eigenvalue weighted by Crippen LogP contribution is -1.92. The molecule has 0 fully saturated rings. The highest BCUT2D eigenvalue weighted by Gasteiger charge is 2.26. The van der Waals surface area contributed by atoms with Gasteiger partial charge in [-0.1, -0.05) is 182 Å². The molecule has 0 radical (unpaired) electrons. The molecule has 0 saturated carbocycles. The smallest absolute Gasteiger partial charge is 0.143 e. The molecule has 3 aromatic heterocycles. The van der Waals surface area contributed by atoms with Crippen LogP contribution >= 0.6 is 0 Å². The highest BCUT2D eigenvalue weighted by atomic mass is 16.3. The molecule has 11 aromatic rings. The molecular weight excluding hydrogens is 693 g/mol. The fraction of sp³-hybridized carbons (Fsp3) is 0. The van der Waals surface area contributed by atoms with Crippen LogP contribution in [0.2, 0.25) is 0 Å². The predicted molar refractivity (Wildman–Crippen MR) is 237 cm³/mol. The monoisotopic (exact) mass is 747 g/mol. The van der Waals surface area contributed by atoms with Gasteiger partial charge in [0.25, 0.3) is 0 Å². The van der Waals surface area contributed by atoms with Crippen molar-refractivity contribution in [3.8, 4) is 67.3 Å². The number of hydrogen-bond acceptors (Lipinski definition) is 3. The Morgan fingerprint density at radius 1 is 0.386 bits per heavy atom. The zero-order chi connectivity index (χ0) is 56.0. The maximum atomic E-state index is 10.0. The third kappa shape index (κ3) is 5.51. The molecule has 0 aliphatic heterocycles. The Morgan fingerprint density at radius 2 is 0.930 bits per heavy atom. The summed E-state index contributed by atoms with van der Waals surface area (Å²) in [6.45, 7) is 0. The van der Waals surface area contributed by atoms with Crippen LogP contribution in [-0.2, 0) is 0 Å². The molecule has 8 aromatic carbocycles. The summed E-state index contributed by atoms with van der Waals surface area (Å²) in [4.78, 5) is 9.64. The first-order valence-corrected chi connectivity index (χ1v) is 17.6. The van der Waals surface area contributed by atoms with Crippen LogP contribution in [0, 0.1) is 0 Å². The fourth-order valence-electron chi connectivity index (χ4n) is 7.30. The van der Waals surface area contributed by atoms with Gasteiger partial charge in [-0.15, -0.1) is 0 Å². The zero-order valence-electron chi connectivity index (χ0n) is 50.3. The van der Waals surface area contributed by atoms with E-state index in [-0.39, 0.29) is 16.5 Å². The van der Waals surface area contributed by atoms with Crippen molar-refractivity contribution in [2.45, 2.75) is 0 Å². The van der Waals surface area contributed by atoms with Crippen LogP contribution in [-0.4, -0.2) is 9.97 Å². The Hall–Kier alpha value is -7.62. The molecular formula is C54H34N2O. The number of hydrogen-bond donors (Lipinski definition) is 0. The van der Waals surface area contributed by atoms with Crippen LogP contribution in [0.4, 0.5) is 0 Å². The Balaban J connectivity index is 1.33. The minimum absolute atomic E-state index is 0.178. The van der Waals surface area contributed by atoms with Crippen molar-refractivity contribution in [2.24, 2.45) is 0 Å². The van der Waals surface area contributed by atoms with Crippen LogP contribution in [0.1, 0.15) is 28.8 Å². The minimum atomic E-state index is -0.985. The summed E-state index contributed by atoms with van der Waals surface area (Å²) in [5, 5.41) is 1.85. The third-order valence-electron chi connectivity index (χ3n) is 9.76. The van der Waals surface area contributed by atoms with Crippen LogP contribution in [0.3, 0.4) is 0 Å². The first-order valence-electron chi connectivity index (χ1n) is 28.1. The normalized spacial score (nSPS) is 16.7. The van der Waals surface area contributed by atoms with E-state index < -0.39 is 177 Å². The van der Waals surface area contributed by atoms with E-state index in [4.69, 9.17) is 27.2 Å². The van der Waals surface area contributed by atoms with Crippen LogP contribution < -0.4 is 0 Å². The van der Waals surface area contributed by atoms with Gasteiger partial charge in [-0.25, -0.2) is 4.98 Å². The first kappa shape index (κ1) is 17.9. The van der Waals surface area contributed by atoms with Crippen molar-refractivity contribution in [1.29, 1.82) is 0 Å². The summed E-state index contributed by atoms with van der Waals surface area (Å²) in [5.41, 5.74) is -2.13. The van der Waals surface area contributed by atoms with E-state index in [9.17, 15) is 11.0 Å². The van der Waals surface area contributed by atoms with Gasteiger partial charge >= 0.3 is 0 Å². The number of nitrogens with zero attached hydrogens (tertiary/aromatic N) is 2. The summed E-state index contributed by atoms with van der Waals surface area (Å²) in [6, 6.07) is 2.82. The highest BCUT2D eigenvalue weighted by molar-refractivity contribution is 6.14. The lowest BCUT2D eigenvalue weighted by atomic mass is 9.87. The van der Waals surface area contributed by atoms with Gasteiger partial charge in [0.2, 0.25) is 0 Å². The van der Waals surface area contributed by atoms with Crippen molar-refractivity contribution in [1.82, 2.24) is 9.97 Å². The summed E-state index contributed by atoms with van der Waals surface area (Å²) in [5.74, 6) is -1.72. The van der Waals surface area contributed by atoms with Crippen molar-refractivity contribution >= 4 is 43.4 Å². The zero-order valence-corrected chi connectivity index (χ0v) is 29.3. The molecule has 3 heteroatoms. The van der Waals surface area contributed by atoms with Crippen molar-refractivity contribution in [2.75, 3.05) is 0 Å². The second kappa shape index (κ2) is 13.6. The molecule has 266 valence electrons. The number of rotatable bonds is 6. The van der Waals surface area contributed by atoms with Gasteiger partial charge in [-0.2, -0.15) is 0 Å². The molecule has 0 amide bonds.